The fourth-order valence-corrected chi connectivity index (χ4v) is 4.56. The van der Waals surface area contributed by atoms with Crippen LogP contribution >= 0.6 is 0 Å². The van der Waals surface area contributed by atoms with Gasteiger partial charge in [0.2, 0.25) is 5.95 Å². The smallest absolute Gasteiger partial charge is 0.223 e. The summed E-state index contributed by atoms with van der Waals surface area (Å²) < 4.78 is 12.6. The van der Waals surface area contributed by atoms with Crippen LogP contribution in [-0.4, -0.2) is 89.0 Å². The van der Waals surface area contributed by atoms with Crippen molar-refractivity contribution in [2.24, 2.45) is 0 Å². The summed E-state index contributed by atoms with van der Waals surface area (Å²) in [6, 6.07) is 5.82. The second-order valence-electron chi connectivity index (χ2n) is 8.13. The molecule has 5 rings (SSSR count). The third kappa shape index (κ3) is 3.68. The third-order valence-corrected chi connectivity index (χ3v) is 6.23. The van der Waals surface area contributed by atoms with E-state index in [0.29, 0.717) is 17.6 Å². The number of rotatable bonds is 5. The summed E-state index contributed by atoms with van der Waals surface area (Å²) in [4.78, 5) is 14.5. The molecule has 0 bridgehead atoms. The minimum absolute atomic E-state index is 0.309. The van der Waals surface area contributed by atoms with Gasteiger partial charge in [0.1, 0.15) is 11.3 Å². The number of ether oxygens (including phenoxy) is 2. The summed E-state index contributed by atoms with van der Waals surface area (Å²) in [7, 11) is 1.64. The van der Waals surface area contributed by atoms with Gasteiger partial charge in [0.05, 0.1) is 20.3 Å². The van der Waals surface area contributed by atoms with Crippen LogP contribution in [0.4, 0.5) is 5.95 Å². The van der Waals surface area contributed by atoms with E-state index in [-0.39, 0.29) is 0 Å². The zero-order chi connectivity index (χ0) is 20.5. The lowest BCUT2D eigenvalue weighted by Crippen LogP contribution is -2.43. The maximum atomic E-state index is 6.21. The molecule has 0 aliphatic carbocycles. The SMILES string of the molecule is COc1cccc2c1nc(N)n1nc(C3CCCN(CCN4CCOCC4)C3)nc21. The second-order valence-corrected chi connectivity index (χ2v) is 8.13. The largest absolute Gasteiger partial charge is 0.494 e. The Balaban J connectivity index is 1.37. The summed E-state index contributed by atoms with van der Waals surface area (Å²) in [5, 5.41) is 5.65. The molecule has 2 saturated heterocycles. The van der Waals surface area contributed by atoms with E-state index in [1.54, 1.807) is 11.6 Å². The van der Waals surface area contributed by atoms with Crippen LogP contribution in [0.5, 0.6) is 5.75 Å². The summed E-state index contributed by atoms with van der Waals surface area (Å²) in [5.41, 5.74) is 7.68. The Labute approximate surface area is 175 Å². The summed E-state index contributed by atoms with van der Waals surface area (Å²) in [5.74, 6) is 2.19. The number of para-hydroxylation sites is 1. The number of fused-ring (bicyclic) bond motifs is 3. The van der Waals surface area contributed by atoms with Gasteiger partial charge in [0.15, 0.2) is 11.5 Å². The van der Waals surface area contributed by atoms with Crippen molar-refractivity contribution in [2.75, 3.05) is 65.3 Å². The number of aromatic nitrogens is 4. The topological polar surface area (TPSA) is 94.0 Å². The number of piperidine rings is 1. The number of nitrogens with zero attached hydrogens (tertiary/aromatic N) is 6. The molecule has 2 fully saturated rings. The van der Waals surface area contributed by atoms with Crippen molar-refractivity contribution in [2.45, 2.75) is 18.8 Å². The normalized spacial score (nSPS) is 21.4. The molecule has 2 aromatic heterocycles. The highest BCUT2D eigenvalue weighted by Gasteiger charge is 2.26. The lowest BCUT2D eigenvalue weighted by Gasteiger charge is -2.34. The Morgan fingerprint density at radius 2 is 1.97 bits per heavy atom. The number of benzene rings is 1. The summed E-state index contributed by atoms with van der Waals surface area (Å²) in [6.45, 7) is 8.06. The van der Waals surface area contributed by atoms with Crippen LogP contribution in [0.25, 0.3) is 16.6 Å². The molecular formula is C21H29N7O2. The van der Waals surface area contributed by atoms with Gasteiger partial charge in [-0.05, 0) is 31.5 Å². The predicted molar refractivity (Wildman–Crippen MR) is 115 cm³/mol. The summed E-state index contributed by atoms with van der Waals surface area (Å²) >= 11 is 0. The molecule has 0 saturated carbocycles. The number of morpholine rings is 1. The monoisotopic (exact) mass is 411 g/mol. The molecule has 30 heavy (non-hydrogen) atoms. The van der Waals surface area contributed by atoms with Crippen molar-refractivity contribution in [3.05, 3.63) is 24.0 Å². The van der Waals surface area contributed by atoms with E-state index in [1.807, 2.05) is 18.2 Å². The first-order chi connectivity index (χ1) is 14.7. The lowest BCUT2D eigenvalue weighted by molar-refractivity contribution is 0.0318. The molecule has 0 amide bonds. The van der Waals surface area contributed by atoms with Crippen molar-refractivity contribution < 1.29 is 9.47 Å². The van der Waals surface area contributed by atoms with Crippen LogP contribution in [0.15, 0.2) is 18.2 Å². The van der Waals surface area contributed by atoms with Crippen molar-refractivity contribution in [3.8, 4) is 5.75 Å². The van der Waals surface area contributed by atoms with E-state index in [1.165, 1.54) is 0 Å². The quantitative estimate of drug-likeness (QED) is 0.673. The Kier molecular flexibility index (Phi) is 5.41. The van der Waals surface area contributed by atoms with Gasteiger partial charge in [-0.1, -0.05) is 6.07 Å². The number of hydrogen-bond acceptors (Lipinski definition) is 8. The highest BCUT2D eigenvalue weighted by atomic mass is 16.5. The number of methoxy groups -OCH3 is 1. The van der Waals surface area contributed by atoms with Crippen LogP contribution < -0.4 is 10.5 Å². The van der Waals surface area contributed by atoms with E-state index >= 15 is 0 Å². The zero-order valence-corrected chi connectivity index (χ0v) is 17.5. The molecule has 2 N–H and O–H groups in total. The van der Waals surface area contributed by atoms with E-state index in [2.05, 4.69) is 14.8 Å². The molecule has 0 radical (unpaired) electrons. The summed E-state index contributed by atoms with van der Waals surface area (Å²) in [6.07, 6.45) is 2.26. The fourth-order valence-electron chi connectivity index (χ4n) is 4.56. The van der Waals surface area contributed by atoms with Gasteiger partial charge < -0.3 is 20.1 Å². The average molecular weight is 412 g/mol. The Morgan fingerprint density at radius 1 is 1.13 bits per heavy atom. The van der Waals surface area contributed by atoms with Gasteiger partial charge in [0, 0.05) is 44.0 Å². The number of anilines is 1. The van der Waals surface area contributed by atoms with Crippen molar-refractivity contribution in [1.29, 1.82) is 0 Å². The van der Waals surface area contributed by atoms with Gasteiger partial charge >= 0.3 is 0 Å². The zero-order valence-electron chi connectivity index (χ0n) is 17.5. The van der Waals surface area contributed by atoms with Crippen LogP contribution in [0, 0.1) is 0 Å². The molecule has 0 spiro atoms. The second kappa shape index (κ2) is 8.33. The maximum absolute atomic E-state index is 6.21. The number of nitrogen functional groups attached to an aromatic ring is 1. The molecule has 4 heterocycles. The first-order valence-corrected chi connectivity index (χ1v) is 10.7. The van der Waals surface area contributed by atoms with Gasteiger partial charge in [-0.3, -0.25) is 4.90 Å². The molecule has 9 nitrogen and oxygen atoms in total. The molecule has 1 atom stereocenters. The van der Waals surface area contributed by atoms with Crippen LogP contribution in [0.1, 0.15) is 24.6 Å². The highest BCUT2D eigenvalue weighted by molar-refractivity contribution is 5.95. The van der Waals surface area contributed by atoms with Crippen molar-refractivity contribution >= 4 is 22.5 Å². The fraction of sp³-hybridized carbons (Fsp3) is 0.571. The Hall–Kier alpha value is -2.49. The van der Waals surface area contributed by atoms with Gasteiger partial charge in [-0.25, -0.2) is 9.97 Å². The molecule has 1 unspecified atom stereocenters. The van der Waals surface area contributed by atoms with Crippen LogP contribution in [0.2, 0.25) is 0 Å². The highest BCUT2D eigenvalue weighted by Crippen LogP contribution is 2.30. The van der Waals surface area contributed by atoms with E-state index in [9.17, 15) is 0 Å². The number of hydrogen-bond donors (Lipinski definition) is 1. The van der Waals surface area contributed by atoms with Crippen LogP contribution in [0.3, 0.4) is 0 Å². The lowest BCUT2D eigenvalue weighted by atomic mass is 9.97. The van der Waals surface area contributed by atoms with E-state index in [0.717, 1.165) is 87.7 Å². The maximum Gasteiger partial charge on any atom is 0.223 e. The minimum Gasteiger partial charge on any atom is -0.494 e. The van der Waals surface area contributed by atoms with E-state index in [4.69, 9.17) is 25.3 Å². The molecule has 2 aliphatic heterocycles. The van der Waals surface area contributed by atoms with Crippen molar-refractivity contribution in [3.63, 3.8) is 0 Å². The molecule has 9 heteroatoms. The molecule has 1 aromatic carbocycles. The van der Waals surface area contributed by atoms with Gasteiger partial charge in [-0.2, -0.15) is 4.52 Å². The predicted octanol–water partition coefficient (Wildman–Crippen LogP) is 1.38. The van der Waals surface area contributed by atoms with Gasteiger partial charge in [0.25, 0.3) is 0 Å². The Morgan fingerprint density at radius 3 is 2.80 bits per heavy atom. The number of likely N-dealkylation sites (tertiary alicyclic amines) is 1. The molecule has 160 valence electrons. The first-order valence-electron chi connectivity index (χ1n) is 10.7. The molecular weight excluding hydrogens is 382 g/mol. The molecule has 2 aliphatic rings. The standard InChI is InChI=1S/C21H29N7O2/c1-29-17-6-2-5-16-18(17)23-21(22)28-20(16)24-19(25-28)15-4-3-7-27(14-15)9-8-26-10-12-30-13-11-26/h2,5-6,15H,3-4,7-14H2,1H3,(H2,22,23). The van der Waals surface area contributed by atoms with E-state index < -0.39 is 0 Å². The average Bonchev–Trinajstić information content (AvgIpc) is 3.25. The van der Waals surface area contributed by atoms with Crippen molar-refractivity contribution in [1.82, 2.24) is 29.4 Å². The van der Waals surface area contributed by atoms with Gasteiger partial charge in [-0.15, -0.1) is 5.10 Å². The third-order valence-electron chi connectivity index (χ3n) is 6.23. The Bertz CT molecular complexity index is 1030. The van der Waals surface area contributed by atoms with Crippen LogP contribution in [-0.2, 0) is 4.74 Å². The first kappa shape index (κ1) is 19.5. The number of nitrogens with two attached hydrogens (primary N) is 1. The molecule has 3 aromatic rings. The minimum atomic E-state index is 0.309.